The van der Waals surface area contributed by atoms with Crippen LogP contribution in [0.15, 0.2) is 0 Å². The third-order valence-electron chi connectivity index (χ3n) is 0.174. The van der Waals surface area contributed by atoms with Crippen LogP contribution in [0.4, 0.5) is 0 Å². The summed E-state index contributed by atoms with van der Waals surface area (Å²) in [4.78, 5) is 0. The van der Waals surface area contributed by atoms with Gasteiger partial charge < -0.3 is 10.8 Å². The second-order valence-electron chi connectivity index (χ2n) is 0.699. The minimum Gasteiger partial charge on any atom is -0.394 e. The molecule has 3 N–H and O–H groups in total. The van der Waals surface area contributed by atoms with E-state index >= 15 is 0 Å². The molecular weight excluding hydrogens is 181 g/mol. The first-order valence-electron chi connectivity index (χ1n) is 1.28. The van der Waals surface area contributed by atoms with Crippen LogP contribution in [0.1, 0.15) is 0 Å². The summed E-state index contributed by atoms with van der Waals surface area (Å²) >= 11 is 1.93. The highest BCUT2D eigenvalue weighted by Gasteiger charge is 1.83. The van der Waals surface area contributed by atoms with Gasteiger partial charge in [-0.1, -0.05) is 22.6 Å². The van der Waals surface area contributed by atoms with E-state index in [0.29, 0.717) is 0 Å². The molecule has 1 atom stereocenters. The number of aliphatic hydroxyl groups is 1. The lowest BCUT2D eigenvalue weighted by Gasteiger charge is -1.88. The summed E-state index contributed by atoms with van der Waals surface area (Å²) in [6.45, 7) is 0.0700. The lowest BCUT2D eigenvalue weighted by atomic mass is 10.8. The van der Waals surface area contributed by atoms with E-state index in [1.165, 1.54) is 0 Å². The Morgan fingerprint density at radius 2 is 2.20 bits per heavy atom. The summed E-state index contributed by atoms with van der Waals surface area (Å²) < 4.78 is -0.0902. The van der Waals surface area contributed by atoms with Crippen LogP contribution in [0.5, 0.6) is 0 Å². The van der Waals surface area contributed by atoms with Crippen molar-refractivity contribution in [3.63, 3.8) is 0 Å². The summed E-state index contributed by atoms with van der Waals surface area (Å²) in [5, 5.41) is 8.01. The molecule has 0 aliphatic rings. The van der Waals surface area contributed by atoms with Crippen LogP contribution in [-0.4, -0.2) is 15.8 Å². The molecule has 0 aliphatic carbocycles. The Labute approximate surface area is 44.5 Å². The molecule has 0 saturated carbocycles. The van der Waals surface area contributed by atoms with Crippen LogP contribution in [0.3, 0.4) is 0 Å². The molecule has 0 spiro atoms. The van der Waals surface area contributed by atoms with Crippen molar-refractivity contribution in [3.8, 4) is 0 Å². The fourth-order valence-electron chi connectivity index (χ4n) is 0. The van der Waals surface area contributed by atoms with Gasteiger partial charge in [0.05, 0.1) is 10.7 Å². The normalized spacial score (nSPS) is 15.0. The van der Waals surface area contributed by atoms with Crippen LogP contribution >= 0.6 is 22.6 Å². The zero-order chi connectivity index (χ0) is 4.28. The van der Waals surface area contributed by atoms with Crippen molar-refractivity contribution >= 4 is 22.6 Å². The molecule has 0 rings (SSSR count). The van der Waals surface area contributed by atoms with Gasteiger partial charge in [0.25, 0.3) is 0 Å². The maximum Gasteiger partial charge on any atom is 0.0803 e. The molecule has 5 heavy (non-hydrogen) atoms. The van der Waals surface area contributed by atoms with Crippen LogP contribution in [0.25, 0.3) is 0 Å². The molecular formula is C2H6INO. The minimum atomic E-state index is -0.0902. The molecule has 2 nitrogen and oxygen atoms in total. The van der Waals surface area contributed by atoms with E-state index in [4.69, 9.17) is 10.8 Å². The van der Waals surface area contributed by atoms with Crippen molar-refractivity contribution in [2.24, 2.45) is 5.73 Å². The maximum absolute atomic E-state index is 8.01. The van der Waals surface area contributed by atoms with E-state index in [1.807, 2.05) is 22.6 Å². The maximum atomic E-state index is 8.01. The Morgan fingerprint density at radius 1 is 2.00 bits per heavy atom. The van der Waals surface area contributed by atoms with Gasteiger partial charge in [0.1, 0.15) is 0 Å². The highest BCUT2D eigenvalue weighted by molar-refractivity contribution is 14.1. The molecule has 3 heteroatoms. The lowest BCUT2D eigenvalue weighted by molar-refractivity contribution is 0.301. The number of hydrogen-bond acceptors (Lipinski definition) is 2. The molecule has 0 aliphatic heterocycles. The van der Waals surface area contributed by atoms with E-state index in [2.05, 4.69) is 0 Å². The van der Waals surface area contributed by atoms with E-state index in [1.54, 1.807) is 0 Å². The largest absolute Gasteiger partial charge is 0.394 e. The van der Waals surface area contributed by atoms with E-state index in [9.17, 15) is 0 Å². The van der Waals surface area contributed by atoms with Gasteiger partial charge in [-0.25, -0.2) is 0 Å². The van der Waals surface area contributed by atoms with E-state index in [0.717, 1.165) is 0 Å². The van der Waals surface area contributed by atoms with Crippen molar-refractivity contribution in [2.45, 2.75) is 4.05 Å². The molecule has 0 amide bonds. The summed E-state index contributed by atoms with van der Waals surface area (Å²) in [6.07, 6.45) is 0. The monoisotopic (exact) mass is 187 g/mol. The smallest absolute Gasteiger partial charge is 0.0803 e. The summed E-state index contributed by atoms with van der Waals surface area (Å²) in [5.74, 6) is 0. The highest BCUT2D eigenvalue weighted by atomic mass is 127. The molecule has 0 aromatic heterocycles. The highest BCUT2D eigenvalue weighted by Crippen LogP contribution is 1.84. The Morgan fingerprint density at radius 3 is 2.20 bits per heavy atom. The first-order valence-corrected chi connectivity index (χ1v) is 2.52. The number of nitrogens with two attached hydrogens (primary N) is 1. The Kier molecular flexibility index (Phi) is 3.24. The fourth-order valence-corrected chi connectivity index (χ4v) is 0. The SMILES string of the molecule is N[C@@H](I)CO. The van der Waals surface area contributed by atoms with Gasteiger partial charge in [0.15, 0.2) is 0 Å². The second kappa shape index (κ2) is 2.87. The van der Waals surface area contributed by atoms with Crippen molar-refractivity contribution in [1.29, 1.82) is 0 Å². The van der Waals surface area contributed by atoms with E-state index < -0.39 is 0 Å². The third-order valence-corrected chi connectivity index (χ3v) is 0.568. The second-order valence-corrected chi connectivity index (χ2v) is 2.30. The van der Waals surface area contributed by atoms with Crippen molar-refractivity contribution < 1.29 is 5.11 Å². The van der Waals surface area contributed by atoms with E-state index in [-0.39, 0.29) is 10.7 Å². The number of hydrogen-bond donors (Lipinski definition) is 2. The molecule has 0 aromatic carbocycles. The van der Waals surface area contributed by atoms with Gasteiger partial charge in [-0.15, -0.1) is 0 Å². The van der Waals surface area contributed by atoms with Crippen LogP contribution in [-0.2, 0) is 0 Å². The molecule has 0 fully saturated rings. The standard InChI is InChI=1S/C2H6INO/c3-2(4)1-5/h2,5H,1,4H2/t2-/m1/s1. The summed E-state index contributed by atoms with van der Waals surface area (Å²) in [6, 6.07) is 0. The van der Waals surface area contributed by atoms with Gasteiger partial charge >= 0.3 is 0 Å². The number of halogens is 1. The summed E-state index contributed by atoms with van der Waals surface area (Å²) in [7, 11) is 0. The number of aliphatic hydroxyl groups excluding tert-OH is 1. The fraction of sp³-hybridized carbons (Fsp3) is 1.00. The van der Waals surface area contributed by atoms with Gasteiger partial charge in [0, 0.05) is 0 Å². The molecule has 0 bridgehead atoms. The molecule has 0 saturated heterocycles. The average Bonchev–Trinajstić information content (AvgIpc) is 1.38. The zero-order valence-electron chi connectivity index (χ0n) is 2.69. The van der Waals surface area contributed by atoms with Crippen LogP contribution in [0.2, 0.25) is 0 Å². The van der Waals surface area contributed by atoms with Gasteiger partial charge in [0.2, 0.25) is 0 Å². The number of rotatable bonds is 1. The predicted molar refractivity (Wildman–Crippen MR) is 29.1 cm³/mol. The minimum absolute atomic E-state index is 0.0700. The molecule has 0 radical (unpaired) electrons. The molecule has 0 unspecified atom stereocenters. The number of alkyl halides is 1. The van der Waals surface area contributed by atoms with Crippen LogP contribution in [0, 0.1) is 0 Å². The zero-order valence-corrected chi connectivity index (χ0v) is 4.84. The molecule has 32 valence electrons. The first-order chi connectivity index (χ1) is 2.27. The Balaban J connectivity index is 2.54. The first kappa shape index (κ1) is 5.65. The quantitative estimate of drug-likeness (QED) is 0.336. The average molecular weight is 187 g/mol. The predicted octanol–water partition coefficient (Wildman–Crippen LogP) is -0.301. The Bertz CT molecular complexity index is 23.6. The summed E-state index contributed by atoms with van der Waals surface area (Å²) in [5.41, 5.74) is 5.03. The third kappa shape index (κ3) is 4.65. The van der Waals surface area contributed by atoms with Crippen molar-refractivity contribution in [3.05, 3.63) is 0 Å². The van der Waals surface area contributed by atoms with Crippen LogP contribution < -0.4 is 5.73 Å². The lowest BCUT2D eigenvalue weighted by Crippen LogP contribution is -2.14. The van der Waals surface area contributed by atoms with Gasteiger partial charge in [-0.3, -0.25) is 0 Å². The topological polar surface area (TPSA) is 46.2 Å². The Hall–Kier alpha value is 0.650. The van der Waals surface area contributed by atoms with Crippen molar-refractivity contribution in [2.75, 3.05) is 6.61 Å². The molecule has 0 heterocycles. The molecule has 0 aromatic rings. The van der Waals surface area contributed by atoms with Crippen molar-refractivity contribution in [1.82, 2.24) is 0 Å². The van der Waals surface area contributed by atoms with Gasteiger partial charge in [-0.05, 0) is 0 Å². The van der Waals surface area contributed by atoms with Gasteiger partial charge in [-0.2, -0.15) is 0 Å².